The molecule has 0 N–H and O–H groups in total. The van der Waals surface area contributed by atoms with Crippen LogP contribution in [0.15, 0.2) is 18.2 Å². The highest BCUT2D eigenvalue weighted by Crippen LogP contribution is 2.27. The molecule has 0 bridgehead atoms. The van der Waals surface area contributed by atoms with Gasteiger partial charge in [0, 0.05) is 19.2 Å². The molecule has 2 rings (SSSR count). The Morgan fingerprint density at radius 3 is 2.70 bits per heavy atom. The molecule has 0 spiro atoms. The van der Waals surface area contributed by atoms with Gasteiger partial charge in [-0.2, -0.15) is 0 Å². The van der Waals surface area contributed by atoms with Gasteiger partial charge in [0.15, 0.2) is 0 Å². The van der Waals surface area contributed by atoms with E-state index < -0.39 is 0 Å². The summed E-state index contributed by atoms with van der Waals surface area (Å²) in [6, 6.07) is 5.09. The highest BCUT2D eigenvalue weighted by molar-refractivity contribution is 5.97. The second-order valence-electron chi connectivity index (χ2n) is 5.41. The van der Waals surface area contributed by atoms with Gasteiger partial charge in [-0.15, -0.1) is 0 Å². The molecule has 126 valence electrons. The van der Waals surface area contributed by atoms with Crippen LogP contribution in [-0.2, 0) is 9.53 Å². The van der Waals surface area contributed by atoms with E-state index >= 15 is 0 Å². The maximum Gasteiger partial charge on any atom is 0.310 e. The number of likely N-dealkylation sites (tertiary alicyclic amines) is 1. The van der Waals surface area contributed by atoms with Crippen LogP contribution in [0.25, 0.3) is 0 Å². The number of piperidine rings is 1. The van der Waals surface area contributed by atoms with Crippen LogP contribution >= 0.6 is 0 Å². The first-order chi connectivity index (χ1) is 11.1. The molecule has 1 aliphatic rings. The van der Waals surface area contributed by atoms with Crippen LogP contribution in [0.3, 0.4) is 0 Å². The highest BCUT2D eigenvalue weighted by Gasteiger charge is 2.30. The number of hydrogen-bond donors (Lipinski definition) is 0. The van der Waals surface area contributed by atoms with Crippen molar-refractivity contribution in [1.29, 1.82) is 0 Å². The van der Waals surface area contributed by atoms with Crippen molar-refractivity contribution in [2.75, 3.05) is 33.9 Å². The number of carbonyl (C=O) groups excluding carboxylic acids is 2. The van der Waals surface area contributed by atoms with Crippen molar-refractivity contribution >= 4 is 11.9 Å². The van der Waals surface area contributed by atoms with Gasteiger partial charge in [-0.1, -0.05) is 0 Å². The van der Waals surface area contributed by atoms with Crippen molar-refractivity contribution in [2.24, 2.45) is 5.92 Å². The number of esters is 1. The van der Waals surface area contributed by atoms with Gasteiger partial charge in [-0.25, -0.2) is 0 Å². The van der Waals surface area contributed by atoms with Crippen molar-refractivity contribution in [2.45, 2.75) is 19.8 Å². The molecule has 1 atom stereocenters. The van der Waals surface area contributed by atoms with Gasteiger partial charge in [0.25, 0.3) is 5.91 Å². The molecular formula is C17H23NO5. The van der Waals surface area contributed by atoms with Crippen LogP contribution in [0, 0.1) is 5.92 Å². The molecule has 1 aromatic carbocycles. The number of hydrogen-bond acceptors (Lipinski definition) is 5. The lowest BCUT2D eigenvalue weighted by Gasteiger charge is -2.31. The molecule has 1 unspecified atom stereocenters. The normalized spacial score (nSPS) is 17.5. The first kappa shape index (κ1) is 17.1. The summed E-state index contributed by atoms with van der Waals surface area (Å²) in [5.41, 5.74) is 0.470. The lowest BCUT2D eigenvalue weighted by Crippen LogP contribution is -2.42. The number of nitrogens with zero attached hydrogens (tertiary/aromatic N) is 1. The number of amides is 1. The van der Waals surface area contributed by atoms with E-state index in [1.54, 1.807) is 37.1 Å². The average Bonchev–Trinajstić information content (AvgIpc) is 2.60. The minimum absolute atomic E-state index is 0.140. The summed E-state index contributed by atoms with van der Waals surface area (Å²) in [6.07, 6.45) is 1.54. The number of carbonyl (C=O) groups is 2. The Bertz CT molecular complexity index is 572. The summed E-state index contributed by atoms with van der Waals surface area (Å²) in [6.45, 7) is 3.15. The fraction of sp³-hybridized carbons (Fsp3) is 0.529. The number of rotatable bonds is 5. The van der Waals surface area contributed by atoms with Crippen LogP contribution in [0.5, 0.6) is 11.5 Å². The monoisotopic (exact) mass is 321 g/mol. The van der Waals surface area contributed by atoms with E-state index in [4.69, 9.17) is 14.2 Å². The second-order valence-corrected chi connectivity index (χ2v) is 5.41. The van der Waals surface area contributed by atoms with E-state index in [9.17, 15) is 9.59 Å². The zero-order chi connectivity index (χ0) is 16.8. The standard InChI is InChI=1S/C17H23NO5/c1-4-23-17(20)12-6-5-9-18(11-12)16(19)14-8-7-13(21-2)10-15(14)22-3/h7-8,10,12H,4-6,9,11H2,1-3H3. The van der Waals surface area contributed by atoms with Gasteiger partial charge in [0.05, 0.1) is 32.3 Å². The molecule has 1 aliphatic heterocycles. The minimum atomic E-state index is -0.253. The Morgan fingerprint density at radius 2 is 2.04 bits per heavy atom. The zero-order valence-corrected chi connectivity index (χ0v) is 13.8. The third-order valence-corrected chi connectivity index (χ3v) is 3.97. The Hall–Kier alpha value is -2.24. The molecular weight excluding hydrogens is 298 g/mol. The smallest absolute Gasteiger partial charge is 0.310 e. The lowest BCUT2D eigenvalue weighted by atomic mass is 9.97. The Labute approximate surface area is 136 Å². The summed E-state index contributed by atoms with van der Waals surface area (Å²) in [7, 11) is 3.08. The SMILES string of the molecule is CCOC(=O)C1CCCN(C(=O)c2ccc(OC)cc2OC)C1. The third kappa shape index (κ3) is 3.94. The lowest BCUT2D eigenvalue weighted by molar-refractivity contribution is -0.149. The fourth-order valence-electron chi connectivity index (χ4n) is 2.76. The summed E-state index contributed by atoms with van der Waals surface area (Å²) >= 11 is 0. The summed E-state index contributed by atoms with van der Waals surface area (Å²) in [5.74, 6) is 0.469. The molecule has 0 aromatic heterocycles. The van der Waals surface area contributed by atoms with E-state index in [0.717, 1.165) is 12.8 Å². The molecule has 1 aromatic rings. The van der Waals surface area contributed by atoms with Gasteiger partial charge in [-0.3, -0.25) is 9.59 Å². The second kappa shape index (κ2) is 7.85. The van der Waals surface area contributed by atoms with E-state index in [2.05, 4.69) is 0 Å². The van der Waals surface area contributed by atoms with Crippen LogP contribution in [-0.4, -0.2) is 50.7 Å². The third-order valence-electron chi connectivity index (χ3n) is 3.97. The van der Waals surface area contributed by atoms with Gasteiger partial charge < -0.3 is 19.1 Å². The molecule has 23 heavy (non-hydrogen) atoms. The predicted octanol–water partition coefficient (Wildman–Crippen LogP) is 2.12. The number of benzene rings is 1. The van der Waals surface area contributed by atoms with Gasteiger partial charge >= 0.3 is 5.97 Å². The van der Waals surface area contributed by atoms with Crippen molar-refractivity contribution in [3.8, 4) is 11.5 Å². The topological polar surface area (TPSA) is 65.1 Å². The minimum Gasteiger partial charge on any atom is -0.497 e. The Balaban J connectivity index is 2.15. The molecule has 1 saturated heterocycles. The van der Waals surface area contributed by atoms with E-state index in [-0.39, 0.29) is 17.8 Å². The molecule has 0 radical (unpaired) electrons. The largest absolute Gasteiger partial charge is 0.497 e. The molecule has 6 heteroatoms. The Morgan fingerprint density at radius 1 is 1.26 bits per heavy atom. The molecule has 0 saturated carbocycles. The maximum absolute atomic E-state index is 12.8. The molecule has 1 amide bonds. The van der Waals surface area contributed by atoms with E-state index in [1.807, 2.05) is 0 Å². The number of methoxy groups -OCH3 is 2. The van der Waals surface area contributed by atoms with Gasteiger partial charge in [-0.05, 0) is 31.9 Å². The number of ether oxygens (including phenoxy) is 3. The van der Waals surface area contributed by atoms with Crippen LogP contribution < -0.4 is 9.47 Å². The fourth-order valence-corrected chi connectivity index (χ4v) is 2.76. The van der Waals surface area contributed by atoms with Gasteiger partial charge in [0.1, 0.15) is 11.5 Å². The van der Waals surface area contributed by atoms with Crippen molar-refractivity contribution in [1.82, 2.24) is 4.90 Å². The summed E-state index contributed by atoms with van der Waals surface area (Å²) in [5, 5.41) is 0. The van der Waals surface area contributed by atoms with Crippen molar-refractivity contribution in [3.05, 3.63) is 23.8 Å². The van der Waals surface area contributed by atoms with Gasteiger partial charge in [0.2, 0.25) is 0 Å². The van der Waals surface area contributed by atoms with Crippen LogP contribution in [0.4, 0.5) is 0 Å². The average molecular weight is 321 g/mol. The highest BCUT2D eigenvalue weighted by atomic mass is 16.5. The molecule has 1 fully saturated rings. The van der Waals surface area contributed by atoms with Crippen LogP contribution in [0.1, 0.15) is 30.1 Å². The van der Waals surface area contributed by atoms with E-state index in [0.29, 0.717) is 36.8 Å². The maximum atomic E-state index is 12.8. The predicted molar refractivity (Wildman–Crippen MR) is 84.8 cm³/mol. The zero-order valence-electron chi connectivity index (χ0n) is 13.8. The summed E-state index contributed by atoms with van der Waals surface area (Å²) < 4.78 is 15.5. The molecule has 1 heterocycles. The molecule has 0 aliphatic carbocycles. The first-order valence-electron chi connectivity index (χ1n) is 7.78. The van der Waals surface area contributed by atoms with Crippen molar-refractivity contribution in [3.63, 3.8) is 0 Å². The van der Waals surface area contributed by atoms with Crippen LogP contribution in [0.2, 0.25) is 0 Å². The molecule has 6 nitrogen and oxygen atoms in total. The van der Waals surface area contributed by atoms with Crippen molar-refractivity contribution < 1.29 is 23.8 Å². The first-order valence-corrected chi connectivity index (χ1v) is 7.78. The summed E-state index contributed by atoms with van der Waals surface area (Å²) in [4.78, 5) is 26.4. The Kier molecular flexibility index (Phi) is 5.84. The van der Waals surface area contributed by atoms with E-state index in [1.165, 1.54) is 7.11 Å². The quantitative estimate of drug-likeness (QED) is 0.777.